The van der Waals surface area contributed by atoms with Gasteiger partial charge in [-0.2, -0.15) is 5.10 Å². The Hall–Kier alpha value is -1.09. The zero-order chi connectivity index (χ0) is 11.0. The highest BCUT2D eigenvalue weighted by Crippen LogP contribution is 2.30. The van der Waals surface area contributed by atoms with E-state index < -0.39 is 0 Å². The molecule has 1 aromatic heterocycles. The van der Waals surface area contributed by atoms with Crippen molar-refractivity contribution in [2.75, 3.05) is 0 Å². The van der Waals surface area contributed by atoms with Crippen molar-refractivity contribution in [3.63, 3.8) is 0 Å². The molecule has 0 fully saturated rings. The molecule has 0 spiro atoms. The molecule has 15 heavy (non-hydrogen) atoms. The summed E-state index contributed by atoms with van der Waals surface area (Å²) in [5.41, 5.74) is 4.70. The maximum atomic E-state index is 4.42. The Labute approximate surface area is 98.1 Å². The summed E-state index contributed by atoms with van der Waals surface area (Å²) in [6.45, 7) is 4.15. The van der Waals surface area contributed by atoms with Gasteiger partial charge < -0.3 is 0 Å². The zero-order valence-electron chi connectivity index (χ0n) is 9.08. The fourth-order valence-corrected chi connectivity index (χ4v) is 2.27. The standard InChI is InChI=1S/C12H13BrN2/c1-8-9(2)14-15(3)12(8)10-6-4-5-7-11(10)13/h4-7H,1-3H3. The summed E-state index contributed by atoms with van der Waals surface area (Å²) in [6, 6.07) is 8.22. The molecule has 0 unspecified atom stereocenters. The number of hydrogen-bond donors (Lipinski definition) is 0. The molecule has 0 atom stereocenters. The average molecular weight is 265 g/mol. The third-order valence-corrected chi connectivity index (χ3v) is 3.34. The van der Waals surface area contributed by atoms with Crippen molar-refractivity contribution in [2.24, 2.45) is 7.05 Å². The highest BCUT2D eigenvalue weighted by molar-refractivity contribution is 9.10. The molecule has 0 saturated carbocycles. The third-order valence-electron chi connectivity index (χ3n) is 2.65. The van der Waals surface area contributed by atoms with Crippen LogP contribution in [0.5, 0.6) is 0 Å². The van der Waals surface area contributed by atoms with E-state index in [1.165, 1.54) is 16.8 Å². The summed E-state index contributed by atoms with van der Waals surface area (Å²) in [7, 11) is 1.98. The van der Waals surface area contributed by atoms with Crippen molar-refractivity contribution >= 4 is 15.9 Å². The second-order valence-electron chi connectivity index (χ2n) is 3.66. The highest BCUT2D eigenvalue weighted by Gasteiger charge is 2.12. The topological polar surface area (TPSA) is 17.8 Å². The summed E-state index contributed by atoms with van der Waals surface area (Å²) in [4.78, 5) is 0. The Bertz CT molecular complexity index is 500. The second kappa shape index (κ2) is 3.81. The van der Waals surface area contributed by atoms with Crippen LogP contribution in [0.1, 0.15) is 11.3 Å². The molecule has 2 aromatic rings. The smallest absolute Gasteiger partial charge is 0.0722 e. The van der Waals surface area contributed by atoms with Gasteiger partial charge >= 0.3 is 0 Å². The van der Waals surface area contributed by atoms with Crippen molar-refractivity contribution in [2.45, 2.75) is 13.8 Å². The number of nitrogens with zero attached hydrogens (tertiary/aromatic N) is 2. The van der Waals surface area contributed by atoms with Crippen molar-refractivity contribution in [1.29, 1.82) is 0 Å². The quantitative estimate of drug-likeness (QED) is 0.772. The number of rotatable bonds is 1. The van der Waals surface area contributed by atoms with E-state index in [9.17, 15) is 0 Å². The average Bonchev–Trinajstić information content (AvgIpc) is 2.43. The fraction of sp³-hybridized carbons (Fsp3) is 0.250. The fourth-order valence-electron chi connectivity index (χ4n) is 1.79. The highest BCUT2D eigenvalue weighted by atomic mass is 79.9. The summed E-state index contributed by atoms with van der Waals surface area (Å²) < 4.78 is 3.04. The van der Waals surface area contributed by atoms with Crippen molar-refractivity contribution in [3.8, 4) is 11.3 Å². The third kappa shape index (κ3) is 1.72. The molecule has 0 bridgehead atoms. The van der Waals surface area contributed by atoms with E-state index in [0.29, 0.717) is 0 Å². The lowest BCUT2D eigenvalue weighted by molar-refractivity contribution is 0.764. The van der Waals surface area contributed by atoms with Gasteiger partial charge in [0.15, 0.2) is 0 Å². The van der Waals surface area contributed by atoms with E-state index in [-0.39, 0.29) is 0 Å². The van der Waals surface area contributed by atoms with Gasteiger partial charge in [-0.3, -0.25) is 4.68 Å². The van der Waals surface area contributed by atoms with E-state index in [4.69, 9.17) is 0 Å². The van der Waals surface area contributed by atoms with Gasteiger partial charge in [0.1, 0.15) is 0 Å². The van der Waals surface area contributed by atoms with Gasteiger partial charge in [0.05, 0.1) is 11.4 Å². The van der Waals surface area contributed by atoms with Crippen molar-refractivity contribution < 1.29 is 0 Å². The van der Waals surface area contributed by atoms with Gasteiger partial charge in [0.2, 0.25) is 0 Å². The second-order valence-corrected chi connectivity index (χ2v) is 4.52. The monoisotopic (exact) mass is 264 g/mol. The molecule has 0 saturated heterocycles. The lowest BCUT2D eigenvalue weighted by atomic mass is 10.1. The SMILES string of the molecule is Cc1nn(C)c(-c2ccccc2Br)c1C. The first-order chi connectivity index (χ1) is 7.11. The Morgan fingerprint density at radius 2 is 1.87 bits per heavy atom. The number of hydrogen-bond acceptors (Lipinski definition) is 1. The minimum Gasteiger partial charge on any atom is -0.267 e. The van der Waals surface area contributed by atoms with Crippen LogP contribution in [-0.4, -0.2) is 9.78 Å². The van der Waals surface area contributed by atoms with Gasteiger partial charge in [-0.25, -0.2) is 0 Å². The maximum absolute atomic E-state index is 4.42. The Morgan fingerprint density at radius 1 is 1.20 bits per heavy atom. The number of benzene rings is 1. The lowest BCUT2D eigenvalue weighted by Crippen LogP contribution is -1.94. The summed E-state index contributed by atoms with van der Waals surface area (Å²) in [5.74, 6) is 0. The molecule has 0 amide bonds. The van der Waals surface area contributed by atoms with Crippen LogP contribution in [0, 0.1) is 13.8 Å². The van der Waals surface area contributed by atoms with Gasteiger partial charge in [-0.15, -0.1) is 0 Å². The number of aromatic nitrogens is 2. The molecule has 0 radical (unpaired) electrons. The van der Waals surface area contributed by atoms with Crippen LogP contribution in [-0.2, 0) is 7.05 Å². The summed E-state index contributed by atoms with van der Waals surface area (Å²) in [6.07, 6.45) is 0. The van der Waals surface area contributed by atoms with E-state index in [1.54, 1.807) is 0 Å². The predicted octanol–water partition coefficient (Wildman–Crippen LogP) is 3.47. The molecule has 2 nitrogen and oxygen atoms in total. The molecule has 0 aliphatic rings. The van der Waals surface area contributed by atoms with Crippen LogP contribution in [0.3, 0.4) is 0 Å². The van der Waals surface area contributed by atoms with E-state index >= 15 is 0 Å². The first kappa shape index (κ1) is 10.4. The summed E-state index contributed by atoms with van der Waals surface area (Å²) >= 11 is 3.57. The largest absolute Gasteiger partial charge is 0.267 e. The van der Waals surface area contributed by atoms with Crippen molar-refractivity contribution in [3.05, 3.63) is 40.0 Å². The maximum Gasteiger partial charge on any atom is 0.0722 e. The summed E-state index contributed by atoms with van der Waals surface area (Å²) in [5, 5.41) is 4.42. The molecule has 1 aromatic carbocycles. The normalized spacial score (nSPS) is 10.7. The van der Waals surface area contributed by atoms with Crippen LogP contribution < -0.4 is 0 Å². The molecule has 3 heteroatoms. The van der Waals surface area contributed by atoms with Gasteiger partial charge in [0, 0.05) is 17.1 Å². The molecule has 0 aliphatic heterocycles. The lowest BCUT2D eigenvalue weighted by Gasteiger charge is -2.06. The Kier molecular flexibility index (Phi) is 2.65. The first-order valence-electron chi connectivity index (χ1n) is 4.86. The van der Waals surface area contributed by atoms with Gasteiger partial charge in [-0.1, -0.05) is 34.1 Å². The Morgan fingerprint density at radius 3 is 2.40 bits per heavy atom. The van der Waals surface area contributed by atoms with E-state index in [2.05, 4.69) is 40.1 Å². The molecule has 0 aliphatic carbocycles. The Balaban J connectivity index is 2.69. The number of halogens is 1. The molecular formula is C12H13BrN2. The van der Waals surface area contributed by atoms with Gasteiger partial charge in [0.25, 0.3) is 0 Å². The van der Waals surface area contributed by atoms with Crippen LogP contribution in [0.2, 0.25) is 0 Å². The van der Waals surface area contributed by atoms with Crippen LogP contribution in [0.15, 0.2) is 28.7 Å². The predicted molar refractivity (Wildman–Crippen MR) is 65.8 cm³/mol. The minimum atomic E-state index is 1.09. The molecular weight excluding hydrogens is 252 g/mol. The van der Waals surface area contributed by atoms with Crippen LogP contribution in [0.4, 0.5) is 0 Å². The zero-order valence-corrected chi connectivity index (χ0v) is 10.7. The van der Waals surface area contributed by atoms with Crippen molar-refractivity contribution in [1.82, 2.24) is 9.78 Å². The molecule has 2 rings (SSSR count). The van der Waals surface area contributed by atoms with Gasteiger partial charge in [-0.05, 0) is 25.5 Å². The van der Waals surface area contributed by atoms with Crippen LogP contribution in [0.25, 0.3) is 11.3 Å². The molecule has 78 valence electrons. The number of aryl methyl sites for hydroxylation is 2. The van der Waals surface area contributed by atoms with E-state index in [0.717, 1.165) is 10.2 Å². The van der Waals surface area contributed by atoms with Crippen LogP contribution >= 0.6 is 15.9 Å². The minimum absolute atomic E-state index is 1.09. The molecule has 1 heterocycles. The first-order valence-corrected chi connectivity index (χ1v) is 5.65. The molecule has 0 N–H and O–H groups in total. The van der Waals surface area contributed by atoms with E-state index in [1.807, 2.05) is 30.8 Å².